The Balaban J connectivity index is 2.10. The number of para-hydroxylation sites is 2. The summed E-state index contributed by atoms with van der Waals surface area (Å²) >= 11 is 0. The van der Waals surface area contributed by atoms with Crippen LogP contribution in [0.2, 0.25) is 0 Å². The summed E-state index contributed by atoms with van der Waals surface area (Å²) in [5, 5.41) is 11.0. The lowest BCUT2D eigenvalue weighted by molar-refractivity contribution is 0.453. The molecule has 0 spiro atoms. The molecular formula is C15H14N2O. The zero-order chi connectivity index (χ0) is 12.5. The molecule has 3 heteroatoms. The maximum absolute atomic E-state index is 9.99. The number of benzene rings is 2. The molecule has 0 fully saturated rings. The molecule has 3 rings (SSSR count). The van der Waals surface area contributed by atoms with E-state index in [-0.39, 0.29) is 5.88 Å². The lowest BCUT2D eigenvalue weighted by atomic mass is 10.0. The van der Waals surface area contributed by atoms with Crippen molar-refractivity contribution in [2.75, 3.05) is 5.73 Å². The second kappa shape index (κ2) is 4.11. The Hall–Kier alpha value is -2.42. The van der Waals surface area contributed by atoms with Gasteiger partial charge in [-0.1, -0.05) is 36.4 Å². The number of hydrogen-bond donors (Lipinski definition) is 3. The van der Waals surface area contributed by atoms with Crippen LogP contribution in [0.5, 0.6) is 5.88 Å². The molecule has 1 heterocycles. The number of fused-ring (bicyclic) bond motifs is 1. The van der Waals surface area contributed by atoms with E-state index in [0.717, 1.165) is 27.7 Å². The van der Waals surface area contributed by atoms with Crippen LogP contribution in [0.15, 0.2) is 48.5 Å². The highest BCUT2D eigenvalue weighted by Crippen LogP contribution is 2.30. The Kier molecular flexibility index (Phi) is 2.45. The SMILES string of the molecule is Nc1ccccc1Cc1c(O)[nH]c2ccccc12. The zero-order valence-corrected chi connectivity index (χ0v) is 9.85. The number of aromatic nitrogens is 1. The fourth-order valence-corrected chi connectivity index (χ4v) is 2.25. The van der Waals surface area contributed by atoms with Gasteiger partial charge < -0.3 is 15.8 Å². The van der Waals surface area contributed by atoms with Crippen molar-refractivity contribution in [1.29, 1.82) is 0 Å². The molecular weight excluding hydrogens is 224 g/mol. The average Bonchev–Trinajstić information content (AvgIpc) is 2.69. The van der Waals surface area contributed by atoms with Gasteiger partial charge in [-0.3, -0.25) is 0 Å². The molecule has 90 valence electrons. The number of nitrogen functional groups attached to an aromatic ring is 1. The number of aromatic amines is 1. The van der Waals surface area contributed by atoms with Gasteiger partial charge >= 0.3 is 0 Å². The predicted molar refractivity (Wildman–Crippen MR) is 73.6 cm³/mol. The first-order valence-electron chi connectivity index (χ1n) is 5.87. The summed E-state index contributed by atoms with van der Waals surface area (Å²) in [7, 11) is 0. The lowest BCUT2D eigenvalue weighted by Crippen LogP contribution is -1.94. The highest BCUT2D eigenvalue weighted by molar-refractivity contribution is 5.86. The van der Waals surface area contributed by atoms with E-state index in [4.69, 9.17) is 5.73 Å². The van der Waals surface area contributed by atoms with Gasteiger partial charge in [-0.05, 0) is 17.7 Å². The van der Waals surface area contributed by atoms with E-state index in [9.17, 15) is 5.11 Å². The van der Waals surface area contributed by atoms with Crippen LogP contribution in [0.3, 0.4) is 0 Å². The van der Waals surface area contributed by atoms with Gasteiger partial charge in [-0.15, -0.1) is 0 Å². The molecule has 0 radical (unpaired) electrons. The van der Waals surface area contributed by atoms with Gasteiger partial charge in [0, 0.05) is 28.6 Å². The van der Waals surface area contributed by atoms with Crippen LogP contribution in [0.25, 0.3) is 10.9 Å². The molecule has 0 aliphatic carbocycles. The summed E-state index contributed by atoms with van der Waals surface area (Å²) in [4.78, 5) is 2.98. The van der Waals surface area contributed by atoms with Crippen molar-refractivity contribution in [3.05, 3.63) is 59.7 Å². The molecule has 0 bridgehead atoms. The van der Waals surface area contributed by atoms with Crippen LogP contribution < -0.4 is 5.73 Å². The first-order chi connectivity index (χ1) is 8.75. The Morgan fingerprint density at radius 2 is 1.72 bits per heavy atom. The zero-order valence-electron chi connectivity index (χ0n) is 9.85. The summed E-state index contributed by atoms with van der Waals surface area (Å²) in [6.45, 7) is 0. The number of anilines is 1. The topological polar surface area (TPSA) is 62.0 Å². The molecule has 0 atom stereocenters. The number of aromatic hydroxyl groups is 1. The fraction of sp³-hybridized carbons (Fsp3) is 0.0667. The van der Waals surface area contributed by atoms with Gasteiger partial charge in [0.1, 0.15) is 0 Å². The highest BCUT2D eigenvalue weighted by Gasteiger charge is 2.11. The average molecular weight is 238 g/mol. The van der Waals surface area contributed by atoms with Crippen molar-refractivity contribution < 1.29 is 5.11 Å². The van der Waals surface area contributed by atoms with E-state index >= 15 is 0 Å². The smallest absolute Gasteiger partial charge is 0.192 e. The monoisotopic (exact) mass is 238 g/mol. The van der Waals surface area contributed by atoms with Crippen molar-refractivity contribution in [3.63, 3.8) is 0 Å². The molecule has 3 nitrogen and oxygen atoms in total. The van der Waals surface area contributed by atoms with E-state index in [1.165, 1.54) is 0 Å². The molecule has 0 unspecified atom stereocenters. The minimum Gasteiger partial charge on any atom is -0.494 e. The third kappa shape index (κ3) is 1.70. The third-order valence-electron chi connectivity index (χ3n) is 3.21. The maximum atomic E-state index is 9.99. The van der Waals surface area contributed by atoms with Crippen LogP contribution >= 0.6 is 0 Å². The maximum Gasteiger partial charge on any atom is 0.192 e. The van der Waals surface area contributed by atoms with Gasteiger partial charge in [0.05, 0.1) is 0 Å². The van der Waals surface area contributed by atoms with Crippen molar-refractivity contribution in [2.24, 2.45) is 0 Å². The second-order valence-electron chi connectivity index (χ2n) is 4.37. The molecule has 0 aliphatic heterocycles. The minimum absolute atomic E-state index is 0.222. The summed E-state index contributed by atoms with van der Waals surface area (Å²) < 4.78 is 0. The Morgan fingerprint density at radius 1 is 1.00 bits per heavy atom. The molecule has 0 saturated heterocycles. The van der Waals surface area contributed by atoms with Crippen molar-refractivity contribution in [3.8, 4) is 5.88 Å². The molecule has 0 aliphatic rings. The van der Waals surface area contributed by atoms with E-state index in [1.807, 2.05) is 48.5 Å². The van der Waals surface area contributed by atoms with E-state index in [2.05, 4.69) is 4.98 Å². The van der Waals surface area contributed by atoms with Crippen LogP contribution in [-0.2, 0) is 6.42 Å². The molecule has 0 saturated carbocycles. The number of hydrogen-bond acceptors (Lipinski definition) is 2. The highest BCUT2D eigenvalue weighted by atomic mass is 16.3. The summed E-state index contributed by atoms with van der Waals surface area (Å²) in [5.74, 6) is 0.222. The molecule has 3 aromatic rings. The molecule has 0 amide bonds. The van der Waals surface area contributed by atoms with Gasteiger partial charge in [0.15, 0.2) is 5.88 Å². The van der Waals surface area contributed by atoms with E-state index < -0.39 is 0 Å². The second-order valence-corrected chi connectivity index (χ2v) is 4.37. The van der Waals surface area contributed by atoms with Crippen LogP contribution in [-0.4, -0.2) is 10.1 Å². The van der Waals surface area contributed by atoms with Gasteiger partial charge in [0.25, 0.3) is 0 Å². The van der Waals surface area contributed by atoms with E-state index in [1.54, 1.807) is 0 Å². The van der Waals surface area contributed by atoms with Crippen LogP contribution in [0.4, 0.5) is 5.69 Å². The van der Waals surface area contributed by atoms with Gasteiger partial charge in [0.2, 0.25) is 0 Å². The molecule has 4 N–H and O–H groups in total. The van der Waals surface area contributed by atoms with Crippen LogP contribution in [0, 0.1) is 0 Å². The van der Waals surface area contributed by atoms with Crippen molar-refractivity contribution >= 4 is 16.6 Å². The number of rotatable bonds is 2. The van der Waals surface area contributed by atoms with Gasteiger partial charge in [-0.25, -0.2) is 0 Å². The standard InChI is InChI=1S/C15H14N2O/c16-13-7-3-1-5-10(13)9-12-11-6-2-4-8-14(11)17-15(12)18/h1-8,17-18H,9,16H2. The fourth-order valence-electron chi connectivity index (χ4n) is 2.25. The number of nitrogens with two attached hydrogens (primary N) is 1. The lowest BCUT2D eigenvalue weighted by Gasteiger charge is -2.04. The van der Waals surface area contributed by atoms with Crippen molar-refractivity contribution in [2.45, 2.75) is 6.42 Å². The quantitative estimate of drug-likeness (QED) is 0.601. The Labute approximate surface area is 105 Å². The Bertz CT molecular complexity index is 701. The summed E-state index contributed by atoms with van der Waals surface area (Å²) in [6.07, 6.45) is 0.628. The minimum atomic E-state index is 0.222. The van der Waals surface area contributed by atoms with Crippen LogP contribution in [0.1, 0.15) is 11.1 Å². The molecule has 2 aromatic carbocycles. The first-order valence-corrected chi connectivity index (χ1v) is 5.87. The normalized spacial score (nSPS) is 10.9. The summed E-state index contributed by atoms with van der Waals surface area (Å²) in [5.41, 5.74) is 9.55. The van der Waals surface area contributed by atoms with Crippen molar-refractivity contribution in [1.82, 2.24) is 4.98 Å². The summed E-state index contributed by atoms with van der Waals surface area (Å²) in [6, 6.07) is 15.6. The molecule has 1 aromatic heterocycles. The third-order valence-corrected chi connectivity index (χ3v) is 3.21. The Morgan fingerprint density at radius 3 is 2.56 bits per heavy atom. The predicted octanol–water partition coefficient (Wildman–Crippen LogP) is 3.05. The largest absolute Gasteiger partial charge is 0.494 e. The number of nitrogens with one attached hydrogen (secondary N) is 1. The first kappa shape index (κ1) is 10.7. The number of H-pyrrole nitrogens is 1. The molecule has 18 heavy (non-hydrogen) atoms. The van der Waals surface area contributed by atoms with Gasteiger partial charge in [-0.2, -0.15) is 0 Å². The van der Waals surface area contributed by atoms with E-state index in [0.29, 0.717) is 6.42 Å².